The van der Waals surface area contributed by atoms with Crippen molar-refractivity contribution in [3.63, 3.8) is 0 Å². The second-order valence-electron chi connectivity index (χ2n) is 8.70. The summed E-state index contributed by atoms with van der Waals surface area (Å²) in [6.45, 7) is 1.70. The summed E-state index contributed by atoms with van der Waals surface area (Å²) >= 11 is 1.32. The highest BCUT2D eigenvalue weighted by atomic mass is 32.2. The lowest BCUT2D eigenvalue weighted by Gasteiger charge is -2.12. The Morgan fingerprint density at radius 3 is 2.82 bits per heavy atom. The van der Waals surface area contributed by atoms with Crippen LogP contribution in [-0.2, 0) is 21.2 Å². The number of hydrogen-bond acceptors (Lipinski definition) is 6. The number of aromatic nitrogens is 3. The van der Waals surface area contributed by atoms with E-state index in [1.54, 1.807) is 10.6 Å². The molecule has 2 aromatic heterocycles. The molecule has 8 nitrogen and oxygen atoms in total. The fourth-order valence-electron chi connectivity index (χ4n) is 4.85. The molecule has 34 heavy (non-hydrogen) atoms. The molecule has 0 spiro atoms. The van der Waals surface area contributed by atoms with Crippen LogP contribution in [0.25, 0.3) is 21.9 Å². The number of carbonyl (C=O) groups excluding carboxylic acids is 1. The third kappa shape index (κ3) is 3.25. The van der Waals surface area contributed by atoms with E-state index < -0.39 is 27.6 Å². The molecule has 1 saturated heterocycles. The van der Waals surface area contributed by atoms with E-state index in [1.165, 1.54) is 34.5 Å². The first-order chi connectivity index (χ1) is 16.2. The summed E-state index contributed by atoms with van der Waals surface area (Å²) in [5.74, 6) is -1.14. The Morgan fingerprint density at radius 2 is 2.03 bits per heavy atom. The maximum atomic E-state index is 14.0. The summed E-state index contributed by atoms with van der Waals surface area (Å²) < 4.78 is 41.5. The summed E-state index contributed by atoms with van der Waals surface area (Å²) in [5, 5.41) is 3.55. The van der Waals surface area contributed by atoms with Gasteiger partial charge < -0.3 is 9.88 Å². The van der Waals surface area contributed by atoms with Crippen molar-refractivity contribution >= 4 is 55.1 Å². The Labute approximate surface area is 197 Å². The number of halogens is 1. The van der Waals surface area contributed by atoms with Gasteiger partial charge in [0.2, 0.25) is 5.91 Å². The summed E-state index contributed by atoms with van der Waals surface area (Å²) in [6, 6.07) is 11.0. The molecule has 0 saturated carbocycles. The quantitative estimate of drug-likeness (QED) is 0.436. The second kappa shape index (κ2) is 7.41. The lowest BCUT2D eigenvalue weighted by atomic mass is 10.1. The Bertz CT molecular complexity index is 1690. The third-order valence-electron chi connectivity index (χ3n) is 6.34. The predicted octanol–water partition coefficient (Wildman–Crippen LogP) is 2.88. The fraction of sp³-hybridized carbons (Fsp3) is 0.261. The zero-order chi connectivity index (χ0) is 23.8. The van der Waals surface area contributed by atoms with Gasteiger partial charge in [-0.1, -0.05) is 35.5 Å². The van der Waals surface area contributed by atoms with Crippen molar-refractivity contribution < 1.29 is 17.6 Å². The number of amides is 1. The van der Waals surface area contributed by atoms with Gasteiger partial charge in [0.25, 0.3) is 5.56 Å². The van der Waals surface area contributed by atoms with Crippen LogP contribution in [0.1, 0.15) is 11.6 Å². The normalized spacial score (nSPS) is 20.5. The molecule has 0 bridgehead atoms. The number of fused-ring (bicyclic) bond motifs is 6. The van der Waals surface area contributed by atoms with Crippen molar-refractivity contribution in [3.8, 4) is 0 Å². The molecule has 2 aliphatic heterocycles. The first-order valence-corrected chi connectivity index (χ1v) is 13.4. The maximum absolute atomic E-state index is 14.0. The van der Waals surface area contributed by atoms with Gasteiger partial charge in [0, 0.05) is 10.6 Å². The number of para-hydroxylation sites is 1. The number of sulfone groups is 1. The SMILES string of the molecule is Cc1ccc2c(c1)c1nc3n(c(=O)c1n2CC(=O)Nc1ccccc1F)[C@H]1CS(=O)(=O)C[C@@H]1S3. The highest BCUT2D eigenvalue weighted by Gasteiger charge is 2.46. The largest absolute Gasteiger partial charge is 0.325 e. The van der Waals surface area contributed by atoms with E-state index in [2.05, 4.69) is 5.32 Å². The monoisotopic (exact) mass is 498 g/mol. The molecule has 0 radical (unpaired) electrons. The highest BCUT2D eigenvalue weighted by molar-refractivity contribution is 8.02. The molecule has 2 aliphatic rings. The van der Waals surface area contributed by atoms with Crippen LogP contribution < -0.4 is 10.9 Å². The van der Waals surface area contributed by atoms with Crippen LogP contribution in [0.15, 0.2) is 52.4 Å². The number of nitrogens with zero attached hydrogens (tertiary/aromatic N) is 3. The average Bonchev–Trinajstić information content (AvgIpc) is 3.35. The molecule has 4 heterocycles. The standard InChI is InChI=1S/C23H19FN4O4S2/c1-12-6-7-16-13(8-12)20-21(27(16)9-19(29)25-15-5-3-2-4-14(15)24)22(30)28-17-10-34(31,32)11-18(17)33-23(28)26-20/h2-8,17-18H,9-11H2,1H3,(H,25,29)/t17-,18-/m0/s1. The Kier molecular flexibility index (Phi) is 4.65. The summed E-state index contributed by atoms with van der Waals surface area (Å²) in [4.78, 5) is 31.4. The van der Waals surface area contributed by atoms with Crippen molar-refractivity contribution in [1.29, 1.82) is 0 Å². The molecule has 1 amide bonds. The van der Waals surface area contributed by atoms with Gasteiger partial charge in [0.15, 0.2) is 15.0 Å². The Balaban J connectivity index is 1.52. The first kappa shape index (κ1) is 21.4. The van der Waals surface area contributed by atoms with E-state index >= 15 is 0 Å². The molecule has 4 aromatic rings. The number of anilines is 1. The predicted molar refractivity (Wildman–Crippen MR) is 129 cm³/mol. The van der Waals surface area contributed by atoms with Crippen molar-refractivity contribution in [3.05, 3.63) is 64.2 Å². The third-order valence-corrected chi connectivity index (χ3v) is 9.55. The minimum atomic E-state index is -3.23. The Morgan fingerprint density at radius 1 is 1.24 bits per heavy atom. The van der Waals surface area contributed by atoms with Crippen LogP contribution in [0.5, 0.6) is 0 Å². The smallest absolute Gasteiger partial charge is 0.279 e. The first-order valence-electron chi connectivity index (χ1n) is 10.7. The van der Waals surface area contributed by atoms with Gasteiger partial charge in [-0.15, -0.1) is 0 Å². The number of carbonyl (C=O) groups is 1. The number of thioether (sulfide) groups is 1. The number of benzene rings is 2. The van der Waals surface area contributed by atoms with E-state index in [-0.39, 0.29) is 40.1 Å². The molecular weight excluding hydrogens is 479 g/mol. The van der Waals surface area contributed by atoms with Crippen LogP contribution in [0.2, 0.25) is 0 Å². The van der Waals surface area contributed by atoms with Crippen molar-refractivity contribution in [1.82, 2.24) is 14.1 Å². The number of aryl methyl sites for hydroxylation is 1. The van der Waals surface area contributed by atoms with E-state index in [9.17, 15) is 22.4 Å². The van der Waals surface area contributed by atoms with Gasteiger partial charge in [-0.3, -0.25) is 14.2 Å². The summed E-state index contributed by atoms with van der Waals surface area (Å²) in [6.07, 6.45) is 0. The summed E-state index contributed by atoms with van der Waals surface area (Å²) in [5.41, 5.74) is 2.02. The molecule has 6 rings (SSSR count). The van der Waals surface area contributed by atoms with E-state index in [0.29, 0.717) is 16.2 Å². The van der Waals surface area contributed by atoms with Gasteiger partial charge in [0.1, 0.15) is 23.4 Å². The van der Waals surface area contributed by atoms with Crippen molar-refractivity contribution in [2.75, 3.05) is 16.8 Å². The lowest BCUT2D eigenvalue weighted by Crippen LogP contribution is -2.29. The number of hydrogen-bond donors (Lipinski definition) is 1. The second-order valence-corrected chi connectivity index (χ2v) is 12.1. The van der Waals surface area contributed by atoms with Gasteiger partial charge in [0.05, 0.1) is 28.8 Å². The molecule has 11 heteroatoms. The van der Waals surface area contributed by atoms with Crippen LogP contribution in [-0.4, -0.2) is 45.2 Å². The average molecular weight is 499 g/mol. The highest BCUT2D eigenvalue weighted by Crippen LogP contribution is 2.44. The van der Waals surface area contributed by atoms with Crippen molar-refractivity contribution in [2.45, 2.75) is 29.9 Å². The van der Waals surface area contributed by atoms with Crippen LogP contribution in [0.4, 0.5) is 10.1 Å². The lowest BCUT2D eigenvalue weighted by molar-refractivity contribution is -0.116. The van der Waals surface area contributed by atoms with Gasteiger partial charge >= 0.3 is 0 Å². The van der Waals surface area contributed by atoms with Gasteiger partial charge in [-0.25, -0.2) is 17.8 Å². The number of nitrogens with one attached hydrogen (secondary N) is 1. The van der Waals surface area contributed by atoms with Gasteiger partial charge in [-0.05, 0) is 31.2 Å². The minimum absolute atomic E-state index is 0.0141. The van der Waals surface area contributed by atoms with Gasteiger partial charge in [-0.2, -0.15) is 0 Å². The van der Waals surface area contributed by atoms with E-state index in [1.807, 2.05) is 25.1 Å². The van der Waals surface area contributed by atoms with Crippen LogP contribution >= 0.6 is 11.8 Å². The molecule has 0 unspecified atom stereocenters. The van der Waals surface area contributed by atoms with E-state index in [4.69, 9.17) is 4.98 Å². The van der Waals surface area contributed by atoms with Crippen molar-refractivity contribution in [2.24, 2.45) is 0 Å². The topological polar surface area (TPSA) is 103 Å². The van der Waals surface area contributed by atoms with Crippen LogP contribution in [0, 0.1) is 12.7 Å². The zero-order valence-corrected chi connectivity index (χ0v) is 19.6. The fourth-order valence-corrected chi connectivity index (χ4v) is 8.75. The minimum Gasteiger partial charge on any atom is -0.325 e. The van der Waals surface area contributed by atoms with Crippen LogP contribution in [0.3, 0.4) is 0 Å². The molecule has 0 aliphatic carbocycles. The maximum Gasteiger partial charge on any atom is 0.279 e. The number of rotatable bonds is 3. The summed E-state index contributed by atoms with van der Waals surface area (Å²) in [7, 11) is -3.23. The Hall–Kier alpha value is -3.18. The zero-order valence-electron chi connectivity index (χ0n) is 18.0. The molecule has 2 atom stereocenters. The molecule has 174 valence electrons. The molecule has 1 N–H and O–H groups in total. The molecule has 1 fully saturated rings. The molecular formula is C23H19FN4O4S2. The van der Waals surface area contributed by atoms with E-state index in [0.717, 1.165) is 10.9 Å². The molecule has 2 aromatic carbocycles.